The van der Waals surface area contributed by atoms with Crippen molar-refractivity contribution in [2.75, 3.05) is 38.2 Å². The van der Waals surface area contributed by atoms with Crippen LogP contribution in [0.1, 0.15) is 59.9 Å². The third-order valence-electron chi connectivity index (χ3n) is 5.41. The number of nitrogens with zero attached hydrogens (tertiary/aromatic N) is 2. The smallest absolute Gasteiger partial charge is 0.273 e. The van der Waals surface area contributed by atoms with Crippen molar-refractivity contribution < 1.29 is 19.1 Å². The number of unbranched alkanes of at least 4 members (excludes halogenated alkanes) is 4. The van der Waals surface area contributed by atoms with E-state index in [1.54, 1.807) is 17.0 Å². The molecule has 0 aliphatic carbocycles. The first-order chi connectivity index (χ1) is 16.6. The number of hydrogen-bond donors (Lipinski definition) is 2. The number of morpholine rings is 1. The molecule has 1 aromatic heterocycles. The highest BCUT2D eigenvalue weighted by Gasteiger charge is 2.25. The fourth-order valence-corrected chi connectivity index (χ4v) is 3.75. The van der Waals surface area contributed by atoms with Gasteiger partial charge in [-0.2, -0.15) is 0 Å². The first-order valence-corrected chi connectivity index (χ1v) is 12.2. The number of carbonyl (C=O) groups is 2. The van der Waals surface area contributed by atoms with Gasteiger partial charge >= 0.3 is 0 Å². The van der Waals surface area contributed by atoms with Crippen LogP contribution in [0.25, 0.3) is 0 Å². The molecule has 2 N–H and O–H groups in total. The number of anilines is 1. The Morgan fingerprint density at radius 3 is 2.56 bits per heavy atom. The molecule has 1 aromatic carbocycles. The molecule has 9 heteroatoms. The number of pyridine rings is 1. The molecule has 2 amide bonds. The molecule has 1 fully saturated rings. The van der Waals surface area contributed by atoms with Crippen molar-refractivity contribution in [1.29, 1.82) is 0 Å². The predicted octanol–water partition coefficient (Wildman–Crippen LogP) is 4.03. The Morgan fingerprint density at radius 2 is 1.82 bits per heavy atom. The minimum absolute atomic E-state index is 0.0981. The average molecular weight is 485 g/mol. The van der Waals surface area contributed by atoms with E-state index in [0.29, 0.717) is 32.9 Å². The van der Waals surface area contributed by atoms with Gasteiger partial charge in [0.05, 0.1) is 25.4 Å². The third kappa shape index (κ3) is 7.78. The van der Waals surface area contributed by atoms with Gasteiger partial charge < -0.3 is 19.7 Å². The van der Waals surface area contributed by atoms with Crippen molar-refractivity contribution in [3.8, 4) is 5.75 Å². The maximum absolute atomic E-state index is 12.8. The topological polar surface area (TPSA) is 92.8 Å². The van der Waals surface area contributed by atoms with E-state index in [2.05, 4.69) is 22.5 Å². The number of amides is 2. The number of thiocarbonyl (C=S) groups is 1. The highest BCUT2D eigenvalue weighted by atomic mass is 32.1. The van der Waals surface area contributed by atoms with Crippen molar-refractivity contribution in [2.24, 2.45) is 0 Å². The summed E-state index contributed by atoms with van der Waals surface area (Å²) in [7, 11) is 0. The zero-order valence-corrected chi connectivity index (χ0v) is 20.4. The molecular formula is C25H32N4O4S. The number of ether oxygens (including phenoxy) is 2. The predicted molar refractivity (Wildman–Crippen MR) is 135 cm³/mol. The van der Waals surface area contributed by atoms with Gasteiger partial charge in [0, 0.05) is 25.0 Å². The van der Waals surface area contributed by atoms with Crippen LogP contribution in [-0.2, 0) is 4.74 Å². The van der Waals surface area contributed by atoms with Gasteiger partial charge in [-0.05, 0) is 55.0 Å². The van der Waals surface area contributed by atoms with Crippen LogP contribution < -0.4 is 15.4 Å². The first-order valence-electron chi connectivity index (χ1n) is 11.8. The highest BCUT2D eigenvalue weighted by Crippen LogP contribution is 2.17. The van der Waals surface area contributed by atoms with Crippen LogP contribution in [0.5, 0.6) is 5.75 Å². The SMILES string of the molecule is CCCCCCCOc1ccc(NC(=S)NC(=O)c2cccnc2C(=O)N2CCOCC2)cc1. The molecular weight excluding hydrogens is 452 g/mol. The molecule has 0 unspecified atom stereocenters. The van der Waals surface area contributed by atoms with E-state index in [9.17, 15) is 9.59 Å². The molecule has 8 nitrogen and oxygen atoms in total. The van der Waals surface area contributed by atoms with Crippen molar-refractivity contribution in [3.05, 3.63) is 53.9 Å². The third-order valence-corrected chi connectivity index (χ3v) is 5.61. The fraction of sp³-hybridized carbons (Fsp3) is 0.440. The molecule has 3 rings (SSSR count). The van der Waals surface area contributed by atoms with Crippen molar-refractivity contribution in [2.45, 2.75) is 39.0 Å². The van der Waals surface area contributed by atoms with Crippen LogP contribution >= 0.6 is 12.2 Å². The van der Waals surface area contributed by atoms with Crippen molar-refractivity contribution >= 4 is 34.8 Å². The zero-order valence-electron chi connectivity index (χ0n) is 19.5. The summed E-state index contributed by atoms with van der Waals surface area (Å²) in [6, 6.07) is 10.6. The summed E-state index contributed by atoms with van der Waals surface area (Å²) < 4.78 is 11.1. The van der Waals surface area contributed by atoms with Gasteiger partial charge in [-0.3, -0.25) is 19.9 Å². The lowest BCUT2D eigenvalue weighted by Gasteiger charge is -2.27. The van der Waals surface area contributed by atoms with Crippen LogP contribution in [0.15, 0.2) is 42.6 Å². The van der Waals surface area contributed by atoms with Crippen molar-refractivity contribution in [3.63, 3.8) is 0 Å². The average Bonchev–Trinajstić information content (AvgIpc) is 2.87. The molecule has 182 valence electrons. The molecule has 0 radical (unpaired) electrons. The first kappa shape index (κ1) is 25.6. The Labute approximate surface area is 206 Å². The Kier molecular flexibility index (Phi) is 10.2. The maximum atomic E-state index is 12.8. The lowest BCUT2D eigenvalue weighted by atomic mass is 10.1. The summed E-state index contributed by atoms with van der Waals surface area (Å²) in [5.41, 5.74) is 0.989. The quantitative estimate of drug-likeness (QED) is 0.388. The molecule has 2 heterocycles. The number of benzene rings is 1. The molecule has 2 aromatic rings. The van der Waals surface area contributed by atoms with Gasteiger partial charge in [-0.15, -0.1) is 0 Å². The lowest BCUT2D eigenvalue weighted by molar-refractivity contribution is 0.0298. The van der Waals surface area contributed by atoms with Crippen LogP contribution in [0.3, 0.4) is 0 Å². The Morgan fingerprint density at radius 1 is 1.09 bits per heavy atom. The van der Waals surface area contributed by atoms with Crippen LogP contribution in [0, 0.1) is 0 Å². The summed E-state index contributed by atoms with van der Waals surface area (Å²) in [5, 5.41) is 5.74. The Hall–Kier alpha value is -3.04. The summed E-state index contributed by atoms with van der Waals surface area (Å²) in [6.45, 7) is 4.77. The van der Waals surface area contributed by atoms with Gasteiger partial charge in [0.15, 0.2) is 5.11 Å². The highest BCUT2D eigenvalue weighted by molar-refractivity contribution is 7.80. The second kappa shape index (κ2) is 13.6. The van der Waals surface area contributed by atoms with E-state index < -0.39 is 5.91 Å². The zero-order chi connectivity index (χ0) is 24.2. The minimum Gasteiger partial charge on any atom is -0.494 e. The van der Waals surface area contributed by atoms with Crippen LogP contribution in [0.4, 0.5) is 5.69 Å². The van der Waals surface area contributed by atoms with E-state index in [1.807, 2.05) is 24.3 Å². The number of hydrogen-bond acceptors (Lipinski definition) is 6. The van der Waals surface area contributed by atoms with E-state index >= 15 is 0 Å². The minimum atomic E-state index is -0.495. The fourth-order valence-electron chi connectivity index (χ4n) is 3.54. The van der Waals surface area contributed by atoms with E-state index in [4.69, 9.17) is 21.7 Å². The van der Waals surface area contributed by atoms with Gasteiger partial charge in [-0.1, -0.05) is 32.6 Å². The summed E-state index contributed by atoms with van der Waals surface area (Å²) in [5.74, 6) is -0.00302. The van der Waals surface area contributed by atoms with Gasteiger partial charge in [0.1, 0.15) is 11.4 Å². The molecule has 0 saturated carbocycles. The normalized spacial score (nSPS) is 13.3. The summed E-state index contributed by atoms with van der Waals surface area (Å²) in [6.07, 6.45) is 7.46. The van der Waals surface area contributed by atoms with Crippen LogP contribution in [0.2, 0.25) is 0 Å². The van der Waals surface area contributed by atoms with Gasteiger partial charge in [-0.25, -0.2) is 0 Å². The standard InChI is InChI=1S/C25H32N4O4S/c1-2-3-4-5-6-16-33-20-11-9-19(10-12-20)27-25(34)28-23(30)21-8-7-13-26-22(21)24(31)29-14-17-32-18-15-29/h7-13H,2-6,14-18H2,1H3,(H2,27,28,30,34). The Bertz CT molecular complexity index is 962. The molecule has 1 saturated heterocycles. The van der Waals surface area contributed by atoms with E-state index in [0.717, 1.165) is 17.9 Å². The van der Waals surface area contributed by atoms with Gasteiger partial charge in [0.25, 0.3) is 11.8 Å². The molecule has 0 spiro atoms. The number of aromatic nitrogens is 1. The van der Waals surface area contributed by atoms with Crippen LogP contribution in [-0.4, -0.2) is 59.7 Å². The largest absolute Gasteiger partial charge is 0.494 e. The molecule has 0 atom stereocenters. The lowest BCUT2D eigenvalue weighted by Crippen LogP contribution is -2.42. The molecule has 1 aliphatic heterocycles. The molecule has 0 bridgehead atoms. The number of rotatable bonds is 10. The monoisotopic (exact) mass is 484 g/mol. The second-order valence-electron chi connectivity index (χ2n) is 8.00. The van der Waals surface area contributed by atoms with E-state index in [1.165, 1.54) is 31.9 Å². The number of nitrogens with one attached hydrogen (secondary N) is 2. The second-order valence-corrected chi connectivity index (χ2v) is 8.41. The summed E-state index contributed by atoms with van der Waals surface area (Å²) >= 11 is 5.29. The maximum Gasteiger partial charge on any atom is 0.273 e. The van der Waals surface area contributed by atoms with Crippen molar-refractivity contribution in [1.82, 2.24) is 15.2 Å². The Balaban J connectivity index is 1.50. The summed E-state index contributed by atoms with van der Waals surface area (Å²) in [4.78, 5) is 31.5. The van der Waals surface area contributed by atoms with Gasteiger partial charge in [0.2, 0.25) is 0 Å². The molecule has 34 heavy (non-hydrogen) atoms. The molecule has 1 aliphatic rings. The number of carbonyl (C=O) groups excluding carboxylic acids is 2. The van der Waals surface area contributed by atoms with E-state index in [-0.39, 0.29) is 22.3 Å².